The molecule has 0 fully saturated rings. The van der Waals surface area contributed by atoms with Crippen LogP contribution in [-0.2, 0) is 11.3 Å². The normalized spacial score (nSPS) is 10.3. The number of nitrogens with two attached hydrogens (primary N) is 1. The van der Waals surface area contributed by atoms with Gasteiger partial charge in [0.15, 0.2) is 0 Å². The van der Waals surface area contributed by atoms with Crippen LogP contribution in [0.1, 0.15) is 18.4 Å². The molecule has 0 aliphatic heterocycles. The number of carbonyl (C=O) groups excluding carboxylic acids is 1. The first-order chi connectivity index (χ1) is 7.00. The SMILES string of the molecule is Cc1cn(CCCC(=O)N(C)C)nc1N. The molecular formula is C10H18N4O. The Bertz CT molecular complexity index is 324. The van der Waals surface area contributed by atoms with Crippen molar-refractivity contribution in [1.29, 1.82) is 0 Å². The number of amides is 1. The third-order valence-corrected chi connectivity index (χ3v) is 2.26. The molecule has 84 valence electrons. The van der Waals surface area contributed by atoms with Crippen molar-refractivity contribution < 1.29 is 4.79 Å². The lowest BCUT2D eigenvalue weighted by Crippen LogP contribution is -2.21. The van der Waals surface area contributed by atoms with Gasteiger partial charge in [0.1, 0.15) is 5.82 Å². The van der Waals surface area contributed by atoms with Gasteiger partial charge >= 0.3 is 0 Å². The van der Waals surface area contributed by atoms with E-state index >= 15 is 0 Å². The molecule has 0 radical (unpaired) electrons. The summed E-state index contributed by atoms with van der Waals surface area (Å²) in [5.41, 5.74) is 6.59. The number of hydrogen-bond acceptors (Lipinski definition) is 3. The van der Waals surface area contributed by atoms with E-state index in [-0.39, 0.29) is 5.91 Å². The molecule has 1 amide bonds. The van der Waals surface area contributed by atoms with Crippen LogP contribution in [0.25, 0.3) is 0 Å². The summed E-state index contributed by atoms with van der Waals surface area (Å²) in [6.45, 7) is 2.65. The van der Waals surface area contributed by atoms with Gasteiger partial charge in [-0.1, -0.05) is 0 Å². The van der Waals surface area contributed by atoms with E-state index in [1.54, 1.807) is 23.7 Å². The second-order valence-corrected chi connectivity index (χ2v) is 3.85. The van der Waals surface area contributed by atoms with Crippen LogP contribution in [0, 0.1) is 6.92 Å². The van der Waals surface area contributed by atoms with Gasteiger partial charge in [-0.25, -0.2) is 0 Å². The fourth-order valence-corrected chi connectivity index (χ4v) is 1.27. The fraction of sp³-hybridized carbons (Fsp3) is 0.600. The molecule has 1 heterocycles. The minimum Gasteiger partial charge on any atom is -0.382 e. The molecule has 1 rings (SSSR count). The topological polar surface area (TPSA) is 64.2 Å². The molecule has 5 heteroatoms. The van der Waals surface area contributed by atoms with Gasteiger partial charge < -0.3 is 10.6 Å². The van der Waals surface area contributed by atoms with E-state index in [0.717, 1.165) is 18.5 Å². The average Bonchev–Trinajstić information content (AvgIpc) is 2.46. The highest BCUT2D eigenvalue weighted by molar-refractivity contribution is 5.75. The maximum Gasteiger partial charge on any atom is 0.222 e. The van der Waals surface area contributed by atoms with Crippen LogP contribution >= 0.6 is 0 Å². The van der Waals surface area contributed by atoms with Crippen molar-refractivity contribution in [2.45, 2.75) is 26.3 Å². The molecule has 0 bridgehead atoms. The molecule has 2 N–H and O–H groups in total. The quantitative estimate of drug-likeness (QED) is 0.793. The summed E-state index contributed by atoms with van der Waals surface area (Å²) in [7, 11) is 3.52. The highest BCUT2D eigenvalue weighted by Gasteiger charge is 2.04. The zero-order valence-corrected chi connectivity index (χ0v) is 9.53. The Morgan fingerprint density at radius 1 is 1.60 bits per heavy atom. The molecule has 0 aromatic carbocycles. The predicted octanol–water partition coefficient (Wildman–Crippen LogP) is 0.642. The standard InChI is InChI=1S/C10H18N4O/c1-8-7-14(12-10(8)11)6-4-5-9(15)13(2)3/h7H,4-6H2,1-3H3,(H2,11,12). The Kier molecular flexibility index (Phi) is 3.71. The zero-order valence-electron chi connectivity index (χ0n) is 9.53. The summed E-state index contributed by atoms with van der Waals surface area (Å²) in [6.07, 6.45) is 3.23. The largest absolute Gasteiger partial charge is 0.382 e. The van der Waals surface area contributed by atoms with Crippen LogP contribution in [0.4, 0.5) is 5.82 Å². The van der Waals surface area contributed by atoms with Crippen molar-refractivity contribution >= 4 is 11.7 Å². The van der Waals surface area contributed by atoms with Gasteiger partial charge in [-0.2, -0.15) is 5.10 Å². The molecule has 1 aromatic heterocycles. The first-order valence-electron chi connectivity index (χ1n) is 5.00. The number of anilines is 1. The van der Waals surface area contributed by atoms with Gasteiger partial charge in [-0.15, -0.1) is 0 Å². The zero-order chi connectivity index (χ0) is 11.4. The Morgan fingerprint density at radius 3 is 2.73 bits per heavy atom. The van der Waals surface area contributed by atoms with Crippen LogP contribution in [-0.4, -0.2) is 34.7 Å². The molecule has 0 atom stereocenters. The molecule has 0 saturated heterocycles. The fourth-order valence-electron chi connectivity index (χ4n) is 1.27. The van der Waals surface area contributed by atoms with Crippen LogP contribution in [0.3, 0.4) is 0 Å². The van der Waals surface area contributed by atoms with E-state index in [0.29, 0.717) is 12.2 Å². The van der Waals surface area contributed by atoms with Crippen molar-refractivity contribution in [1.82, 2.24) is 14.7 Å². The van der Waals surface area contributed by atoms with Crippen LogP contribution < -0.4 is 5.73 Å². The minimum atomic E-state index is 0.145. The molecule has 0 aliphatic rings. The van der Waals surface area contributed by atoms with Crippen LogP contribution in [0.15, 0.2) is 6.20 Å². The van der Waals surface area contributed by atoms with Crippen molar-refractivity contribution in [3.63, 3.8) is 0 Å². The number of nitrogen functional groups attached to an aromatic ring is 1. The van der Waals surface area contributed by atoms with Crippen molar-refractivity contribution in [2.75, 3.05) is 19.8 Å². The third-order valence-electron chi connectivity index (χ3n) is 2.26. The third kappa shape index (κ3) is 3.27. The Balaban J connectivity index is 2.35. The summed E-state index contributed by atoms with van der Waals surface area (Å²) in [5, 5.41) is 4.12. The summed E-state index contributed by atoms with van der Waals surface area (Å²) in [5.74, 6) is 0.709. The van der Waals surface area contributed by atoms with Gasteiger partial charge in [0.05, 0.1) is 0 Å². The van der Waals surface area contributed by atoms with E-state index in [1.165, 1.54) is 0 Å². The van der Waals surface area contributed by atoms with Crippen LogP contribution in [0.2, 0.25) is 0 Å². The van der Waals surface area contributed by atoms with Gasteiger partial charge in [0.2, 0.25) is 5.91 Å². The van der Waals surface area contributed by atoms with E-state index in [9.17, 15) is 4.79 Å². The Morgan fingerprint density at radius 2 is 2.27 bits per heavy atom. The number of rotatable bonds is 4. The predicted molar refractivity (Wildman–Crippen MR) is 59.3 cm³/mol. The lowest BCUT2D eigenvalue weighted by molar-refractivity contribution is -0.128. The van der Waals surface area contributed by atoms with E-state index < -0.39 is 0 Å². The smallest absolute Gasteiger partial charge is 0.222 e. The monoisotopic (exact) mass is 210 g/mol. The molecular weight excluding hydrogens is 192 g/mol. The summed E-state index contributed by atoms with van der Waals surface area (Å²) >= 11 is 0. The maximum absolute atomic E-state index is 11.3. The summed E-state index contributed by atoms with van der Waals surface area (Å²) < 4.78 is 1.79. The Labute approximate surface area is 89.9 Å². The first-order valence-corrected chi connectivity index (χ1v) is 5.00. The lowest BCUT2D eigenvalue weighted by atomic mass is 10.3. The van der Waals surface area contributed by atoms with Crippen molar-refractivity contribution in [2.24, 2.45) is 0 Å². The lowest BCUT2D eigenvalue weighted by Gasteiger charge is -2.09. The van der Waals surface area contributed by atoms with Crippen molar-refractivity contribution in [3.05, 3.63) is 11.8 Å². The first kappa shape index (κ1) is 11.6. The number of carbonyl (C=O) groups is 1. The van der Waals surface area contributed by atoms with E-state index in [1.807, 2.05) is 13.1 Å². The van der Waals surface area contributed by atoms with Gasteiger partial charge in [0.25, 0.3) is 0 Å². The second kappa shape index (κ2) is 4.82. The Hall–Kier alpha value is -1.52. The minimum absolute atomic E-state index is 0.145. The molecule has 0 saturated carbocycles. The molecule has 5 nitrogen and oxygen atoms in total. The van der Waals surface area contributed by atoms with Crippen molar-refractivity contribution in [3.8, 4) is 0 Å². The molecule has 15 heavy (non-hydrogen) atoms. The summed E-state index contributed by atoms with van der Waals surface area (Å²) in [6, 6.07) is 0. The highest BCUT2D eigenvalue weighted by Crippen LogP contribution is 2.07. The number of hydrogen-bond donors (Lipinski definition) is 1. The average molecular weight is 210 g/mol. The van der Waals surface area contributed by atoms with Gasteiger partial charge in [-0.05, 0) is 13.3 Å². The highest BCUT2D eigenvalue weighted by atomic mass is 16.2. The number of aromatic nitrogens is 2. The van der Waals surface area contributed by atoms with Crippen LogP contribution in [0.5, 0.6) is 0 Å². The molecule has 0 spiro atoms. The second-order valence-electron chi connectivity index (χ2n) is 3.85. The number of aryl methyl sites for hydroxylation is 2. The maximum atomic E-state index is 11.3. The van der Waals surface area contributed by atoms with E-state index in [4.69, 9.17) is 5.73 Å². The molecule has 1 aromatic rings. The van der Waals surface area contributed by atoms with E-state index in [2.05, 4.69) is 5.10 Å². The number of nitrogens with zero attached hydrogens (tertiary/aromatic N) is 3. The molecule has 0 aliphatic carbocycles. The molecule has 0 unspecified atom stereocenters. The van der Waals surface area contributed by atoms with Gasteiger partial charge in [-0.3, -0.25) is 9.48 Å². The summed E-state index contributed by atoms with van der Waals surface area (Å²) in [4.78, 5) is 12.9. The van der Waals surface area contributed by atoms with Gasteiger partial charge in [0, 0.05) is 38.8 Å².